The van der Waals surface area contributed by atoms with E-state index in [0.29, 0.717) is 12.3 Å². The van der Waals surface area contributed by atoms with Gasteiger partial charge in [-0.25, -0.2) is 0 Å². The maximum absolute atomic E-state index is 12.6. The number of carbonyl (C=O) groups is 1. The zero-order valence-corrected chi connectivity index (χ0v) is 17.3. The van der Waals surface area contributed by atoms with Crippen LogP contribution in [0.4, 0.5) is 18.9 Å². The van der Waals surface area contributed by atoms with Crippen molar-refractivity contribution < 1.29 is 22.7 Å². The highest BCUT2D eigenvalue weighted by molar-refractivity contribution is 6.04. The van der Waals surface area contributed by atoms with Crippen molar-refractivity contribution in [3.63, 3.8) is 0 Å². The Morgan fingerprint density at radius 1 is 1.00 bits per heavy atom. The third kappa shape index (κ3) is 5.58. The number of nitrogens with one attached hydrogen (secondary N) is 1. The molecule has 1 N–H and O–H groups in total. The second-order valence-corrected chi connectivity index (χ2v) is 8.47. The highest BCUT2D eigenvalue weighted by Crippen LogP contribution is 2.37. The Labute approximate surface area is 180 Å². The van der Waals surface area contributed by atoms with Gasteiger partial charge in [0.05, 0.1) is 12.2 Å². The van der Waals surface area contributed by atoms with Crippen LogP contribution in [0.3, 0.4) is 0 Å². The summed E-state index contributed by atoms with van der Waals surface area (Å²) in [6, 6.07) is 11.1. The molecule has 1 aliphatic carbocycles. The number of hydrogen-bond donors (Lipinski definition) is 1. The van der Waals surface area contributed by atoms with Gasteiger partial charge in [0.1, 0.15) is 5.75 Å². The lowest BCUT2D eigenvalue weighted by molar-refractivity contribution is -0.137. The van der Waals surface area contributed by atoms with E-state index in [1.807, 2.05) is 0 Å². The van der Waals surface area contributed by atoms with Gasteiger partial charge in [-0.05, 0) is 79.6 Å². The minimum Gasteiger partial charge on any atom is -0.494 e. The molecule has 7 heteroatoms. The topological polar surface area (TPSA) is 41.6 Å². The van der Waals surface area contributed by atoms with Gasteiger partial charge in [-0.15, -0.1) is 0 Å². The molecule has 1 saturated carbocycles. The molecule has 2 aromatic rings. The number of fused-ring (bicyclic) bond motifs is 1. The van der Waals surface area contributed by atoms with Crippen LogP contribution >= 0.6 is 0 Å². The lowest BCUT2D eigenvalue weighted by atomic mass is 10.0. The quantitative estimate of drug-likeness (QED) is 0.591. The summed E-state index contributed by atoms with van der Waals surface area (Å²) in [6.45, 7) is 4.17. The molecule has 1 amide bonds. The Kier molecular flexibility index (Phi) is 6.51. The van der Waals surface area contributed by atoms with E-state index in [-0.39, 0.29) is 5.56 Å². The molecule has 4 nitrogen and oxygen atoms in total. The molecule has 1 heterocycles. The number of hydrogen-bond acceptors (Lipinski definition) is 3. The number of halogens is 3. The first-order chi connectivity index (χ1) is 14.9. The van der Waals surface area contributed by atoms with Gasteiger partial charge in [-0.3, -0.25) is 4.79 Å². The van der Waals surface area contributed by atoms with Crippen molar-refractivity contribution >= 4 is 11.6 Å². The fourth-order valence-electron chi connectivity index (χ4n) is 4.64. The molecular weight excluding hydrogens is 405 g/mol. The number of amides is 1. The number of carbonyl (C=O) groups excluding carboxylic acids is 1. The predicted octanol–water partition coefficient (Wildman–Crippen LogP) is 5.46. The van der Waals surface area contributed by atoms with Crippen LogP contribution in [0, 0.1) is 11.8 Å². The summed E-state index contributed by atoms with van der Waals surface area (Å²) in [5, 5.41) is 2.68. The predicted molar refractivity (Wildman–Crippen MR) is 113 cm³/mol. The molecule has 166 valence electrons. The van der Waals surface area contributed by atoms with Crippen LogP contribution in [0.15, 0.2) is 48.5 Å². The molecule has 1 aliphatic heterocycles. The van der Waals surface area contributed by atoms with Gasteiger partial charge in [-0.1, -0.05) is 6.42 Å². The van der Waals surface area contributed by atoms with Gasteiger partial charge in [0.25, 0.3) is 5.91 Å². The lowest BCUT2D eigenvalue weighted by Gasteiger charge is -2.16. The van der Waals surface area contributed by atoms with Crippen molar-refractivity contribution in [1.29, 1.82) is 0 Å². The summed E-state index contributed by atoms with van der Waals surface area (Å²) < 4.78 is 43.7. The zero-order chi connectivity index (χ0) is 21.8. The molecule has 2 aromatic carbocycles. The Bertz CT molecular complexity index is 869. The van der Waals surface area contributed by atoms with Crippen LogP contribution < -0.4 is 10.1 Å². The van der Waals surface area contributed by atoms with Crippen molar-refractivity contribution in [3.05, 3.63) is 59.7 Å². The fourth-order valence-corrected chi connectivity index (χ4v) is 4.64. The molecule has 31 heavy (non-hydrogen) atoms. The number of likely N-dealkylation sites (tertiary alicyclic amines) is 1. The molecule has 0 spiro atoms. The number of benzene rings is 2. The fraction of sp³-hybridized carbons (Fsp3) is 0.458. The van der Waals surface area contributed by atoms with E-state index < -0.39 is 17.6 Å². The Morgan fingerprint density at radius 2 is 1.65 bits per heavy atom. The van der Waals surface area contributed by atoms with Gasteiger partial charge in [0, 0.05) is 30.9 Å². The Morgan fingerprint density at radius 3 is 2.26 bits per heavy atom. The monoisotopic (exact) mass is 432 g/mol. The van der Waals surface area contributed by atoms with E-state index in [9.17, 15) is 18.0 Å². The number of rotatable bonds is 7. The van der Waals surface area contributed by atoms with Crippen LogP contribution in [0.5, 0.6) is 5.75 Å². The van der Waals surface area contributed by atoms with Crippen LogP contribution in [0.25, 0.3) is 0 Å². The maximum atomic E-state index is 12.6. The third-order valence-corrected chi connectivity index (χ3v) is 6.28. The first kappa shape index (κ1) is 21.7. The average Bonchev–Trinajstić information content (AvgIpc) is 3.34. The average molecular weight is 432 g/mol. The summed E-state index contributed by atoms with van der Waals surface area (Å²) in [6.07, 6.45) is 0.732. The number of nitrogens with zero attached hydrogens (tertiary/aromatic N) is 1. The summed E-state index contributed by atoms with van der Waals surface area (Å²) in [4.78, 5) is 14.8. The SMILES string of the molecule is O=C(Nc1ccc(OCCCN2CC3CCCC3C2)cc1)c1ccc(C(F)(F)F)cc1. The standard InChI is InChI=1S/C24H27F3N2O2/c25-24(26,27)20-7-5-17(6-8-20)23(30)28-21-9-11-22(12-10-21)31-14-2-13-29-15-18-3-1-4-19(18)16-29/h5-12,18-19H,1-4,13-16H2,(H,28,30). The Balaban J connectivity index is 1.19. The van der Waals surface area contributed by atoms with Gasteiger partial charge in [-0.2, -0.15) is 13.2 Å². The summed E-state index contributed by atoms with van der Waals surface area (Å²) in [7, 11) is 0. The number of alkyl halides is 3. The van der Waals surface area contributed by atoms with E-state index in [4.69, 9.17) is 4.74 Å². The second-order valence-electron chi connectivity index (χ2n) is 8.47. The highest BCUT2D eigenvalue weighted by Gasteiger charge is 2.35. The van der Waals surface area contributed by atoms with Gasteiger partial charge in [0.2, 0.25) is 0 Å². The van der Waals surface area contributed by atoms with Crippen molar-refractivity contribution in [1.82, 2.24) is 4.90 Å². The smallest absolute Gasteiger partial charge is 0.416 e. The summed E-state index contributed by atoms with van der Waals surface area (Å²) in [5.41, 5.74) is -0.0571. The molecule has 1 saturated heterocycles. The lowest BCUT2D eigenvalue weighted by Crippen LogP contribution is -2.24. The molecule has 4 rings (SSSR count). The number of ether oxygens (including phenoxy) is 1. The molecule has 0 bridgehead atoms. The minimum absolute atomic E-state index is 0.166. The van der Waals surface area contributed by atoms with Crippen LogP contribution in [0.2, 0.25) is 0 Å². The van der Waals surface area contributed by atoms with E-state index in [0.717, 1.165) is 42.7 Å². The largest absolute Gasteiger partial charge is 0.494 e. The third-order valence-electron chi connectivity index (χ3n) is 6.28. The maximum Gasteiger partial charge on any atom is 0.416 e. The molecule has 2 atom stereocenters. The van der Waals surface area contributed by atoms with Crippen molar-refractivity contribution in [2.75, 3.05) is 31.6 Å². The van der Waals surface area contributed by atoms with Gasteiger partial charge >= 0.3 is 6.18 Å². The number of anilines is 1. The van der Waals surface area contributed by atoms with Crippen molar-refractivity contribution in [2.45, 2.75) is 31.9 Å². The van der Waals surface area contributed by atoms with Crippen LogP contribution in [-0.2, 0) is 6.18 Å². The van der Waals surface area contributed by atoms with Gasteiger partial charge < -0.3 is 15.0 Å². The first-order valence-electron chi connectivity index (χ1n) is 10.8. The van der Waals surface area contributed by atoms with Crippen molar-refractivity contribution in [3.8, 4) is 5.75 Å². The summed E-state index contributed by atoms with van der Waals surface area (Å²) in [5.74, 6) is 2.08. The highest BCUT2D eigenvalue weighted by atomic mass is 19.4. The van der Waals surface area contributed by atoms with E-state index in [2.05, 4.69) is 10.2 Å². The molecule has 2 unspecified atom stereocenters. The second kappa shape index (κ2) is 9.30. The summed E-state index contributed by atoms with van der Waals surface area (Å²) >= 11 is 0. The van der Waals surface area contributed by atoms with Gasteiger partial charge in [0.15, 0.2) is 0 Å². The van der Waals surface area contributed by atoms with E-state index in [1.54, 1.807) is 24.3 Å². The van der Waals surface area contributed by atoms with Crippen LogP contribution in [0.1, 0.15) is 41.6 Å². The first-order valence-corrected chi connectivity index (χ1v) is 10.8. The molecule has 2 fully saturated rings. The normalized spacial score (nSPS) is 21.1. The van der Waals surface area contributed by atoms with Crippen molar-refractivity contribution in [2.24, 2.45) is 11.8 Å². The molecule has 0 radical (unpaired) electrons. The molecular formula is C24H27F3N2O2. The minimum atomic E-state index is -4.42. The Hall–Kier alpha value is -2.54. The molecule has 2 aliphatic rings. The molecule has 0 aromatic heterocycles. The van der Waals surface area contributed by atoms with E-state index in [1.165, 1.54) is 44.5 Å². The zero-order valence-electron chi connectivity index (χ0n) is 17.3. The van der Waals surface area contributed by atoms with E-state index >= 15 is 0 Å². The van der Waals surface area contributed by atoms with Crippen LogP contribution in [-0.4, -0.2) is 37.0 Å².